The Morgan fingerprint density at radius 1 is 1.36 bits per heavy atom. The molecule has 0 radical (unpaired) electrons. The minimum atomic E-state index is -0.240. The lowest BCUT2D eigenvalue weighted by Gasteiger charge is -2.15. The molecule has 3 amide bonds. The quantitative estimate of drug-likeness (QED) is 0.761. The summed E-state index contributed by atoms with van der Waals surface area (Å²) in [6, 6.07) is 7.53. The normalized spacial score (nSPS) is 14.6. The first kappa shape index (κ1) is 16.5. The lowest BCUT2D eigenvalue weighted by Crippen LogP contribution is -2.35. The third-order valence-electron chi connectivity index (χ3n) is 3.44. The highest BCUT2D eigenvalue weighted by Gasteiger charge is 2.18. The van der Waals surface area contributed by atoms with Gasteiger partial charge >= 0.3 is 6.03 Å². The summed E-state index contributed by atoms with van der Waals surface area (Å²) in [5, 5.41) is 5.43. The van der Waals surface area contributed by atoms with Crippen molar-refractivity contribution in [3.8, 4) is 0 Å². The van der Waals surface area contributed by atoms with Gasteiger partial charge in [-0.25, -0.2) is 4.79 Å². The number of urea groups is 1. The topological polar surface area (TPSA) is 61.4 Å². The summed E-state index contributed by atoms with van der Waals surface area (Å²) in [4.78, 5) is 24.9. The molecule has 1 fully saturated rings. The Kier molecular flexibility index (Phi) is 6.45. The third-order valence-corrected chi connectivity index (χ3v) is 4.17. The Morgan fingerprint density at radius 2 is 2.18 bits per heavy atom. The summed E-state index contributed by atoms with van der Waals surface area (Å²) in [5.74, 6) is 0.223. The smallest absolute Gasteiger partial charge is 0.318 e. The average molecular weight is 366 g/mol. The molecule has 0 atom stereocenters. The zero-order valence-corrected chi connectivity index (χ0v) is 13.9. The van der Waals surface area contributed by atoms with Crippen LogP contribution in [0.5, 0.6) is 0 Å². The molecule has 6 heteroatoms. The molecule has 0 aromatic heterocycles. The van der Waals surface area contributed by atoms with Crippen molar-refractivity contribution in [3.63, 3.8) is 0 Å². The van der Waals surface area contributed by atoms with E-state index >= 15 is 0 Å². The maximum absolute atomic E-state index is 11.6. The van der Waals surface area contributed by atoms with E-state index in [1.165, 1.54) is 0 Å². The van der Waals surface area contributed by atoms with E-state index in [0.717, 1.165) is 29.4 Å². The molecule has 118 valence electrons. The minimum Gasteiger partial charge on any atom is -0.343 e. The predicted octanol–water partition coefficient (Wildman–Crippen LogP) is 2.73. The number of carbonyl (C=O) groups is 2. The number of rotatable bonds is 6. The molecule has 22 heavy (non-hydrogen) atoms. The molecule has 2 rings (SSSR count). The number of hydrogen-bond acceptors (Lipinski definition) is 2. The lowest BCUT2D eigenvalue weighted by molar-refractivity contribution is -0.127. The Balaban J connectivity index is 1.62. The molecule has 1 saturated heterocycles. The number of nitrogens with one attached hydrogen (secondary N) is 2. The second-order valence-corrected chi connectivity index (χ2v) is 5.95. The Bertz CT molecular complexity index is 560. The zero-order valence-electron chi connectivity index (χ0n) is 12.3. The summed E-state index contributed by atoms with van der Waals surface area (Å²) in [7, 11) is 0. The van der Waals surface area contributed by atoms with Gasteiger partial charge in [-0.2, -0.15) is 0 Å². The molecule has 1 heterocycles. The monoisotopic (exact) mass is 365 g/mol. The van der Waals surface area contributed by atoms with Gasteiger partial charge in [-0.3, -0.25) is 4.79 Å². The first-order valence-corrected chi connectivity index (χ1v) is 8.19. The van der Waals surface area contributed by atoms with Crippen molar-refractivity contribution in [2.75, 3.05) is 19.6 Å². The van der Waals surface area contributed by atoms with E-state index in [1.54, 1.807) is 6.20 Å². The van der Waals surface area contributed by atoms with Crippen molar-refractivity contribution >= 4 is 33.9 Å². The third kappa shape index (κ3) is 5.18. The van der Waals surface area contributed by atoms with Crippen molar-refractivity contribution in [1.82, 2.24) is 15.5 Å². The Hall–Kier alpha value is -1.82. The molecular weight excluding hydrogens is 346 g/mol. The minimum absolute atomic E-state index is 0.223. The van der Waals surface area contributed by atoms with Crippen LogP contribution in [-0.4, -0.2) is 36.5 Å². The molecular formula is C16H20BrN3O2. The fourth-order valence-corrected chi connectivity index (χ4v) is 2.70. The number of likely N-dealkylation sites (tertiary alicyclic amines) is 1. The standard InChI is InChI=1S/C16H20BrN3O2/c17-14-6-2-1-5-13(14)8-10-19-16(22)18-9-4-12-20-11-3-7-15(20)21/h1-2,5-6,8,10H,3-4,7,9,11-12H2,(H2,18,19,22)/b10-8+. The van der Waals surface area contributed by atoms with Gasteiger partial charge in [0.1, 0.15) is 0 Å². The number of hydrogen-bond donors (Lipinski definition) is 2. The van der Waals surface area contributed by atoms with Crippen molar-refractivity contribution < 1.29 is 9.59 Å². The molecule has 0 aliphatic carbocycles. The molecule has 1 aromatic carbocycles. The highest BCUT2D eigenvalue weighted by Crippen LogP contribution is 2.16. The van der Waals surface area contributed by atoms with Crippen molar-refractivity contribution in [3.05, 3.63) is 40.5 Å². The van der Waals surface area contributed by atoms with Crippen LogP contribution < -0.4 is 10.6 Å². The number of benzene rings is 1. The van der Waals surface area contributed by atoms with Gasteiger partial charge in [0.2, 0.25) is 5.91 Å². The van der Waals surface area contributed by atoms with Crippen LogP contribution >= 0.6 is 15.9 Å². The fraction of sp³-hybridized carbons (Fsp3) is 0.375. The summed E-state index contributed by atoms with van der Waals surface area (Å²) in [5.41, 5.74) is 0.996. The van der Waals surface area contributed by atoms with Crippen LogP contribution in [-0.2, 0) is 4.79 Å². The number of nitrogens with zero attached hydrogens (tertiary/aromatic N) is 1. The predicted molar refractivity (Wildman–Crippen MR) is 90.1 cm³/mol. The maximum Gasteiger partial charge on any atom is 0.318 e. The van der Waals surface area contributed by atoms with Gasteiger partial charge in [0.05, 0.1) is 0 Å². The van der Waals surface area contributed by atoms with Gasteiger partial charge in [0, 0.05) is 36.7 Å². The molecule has 1 aromatic rings. The van der Waals surface area contributed by atoms with Crippen LogP contribution in [0.1, 0.15) is 24.8 Å². The second-order valence-electron chi connectivity index (χ2n) is 5.09. The first-order valence-electron chi connectivity index (χ1n) is 7.40. The van der Waals surface area contributed by atoms with Crippen LogP contribution in [0.4, 0.5) is 4.79 Å². The van der Waals surface area contributed by atoms with E-state index < -0.39 is 0 Å². The van der Waals surface area contributed by atoms with Crippen molar-refractivity contribution in [1.29, 1.82) is 0 Å². The van der Waals surface area contributed by atoms with Crippen LogP contribution in [0, 0.1) is 0 Å². The zero-order chi connectivity index (χ0) is 15.8. The molecule has 5 nitrogen and oxygen atoms in total. The Labute approximate surface area is 138 Å². The second kappa shape index (κ2) is 8.58. The van der Waals surface area contributed by atoms with E-state index in [2.05, 4.69) is 26.6 Å². The fourth-order valence-electron chi connectivity index (χ4n) is 2.28. The maximum atomic E-state index is 11.6. The number of carbonyl (C=O) groups excluding carboxylic acids is 2. The van der Waals surface area contributed by atoms with Gasteiger partial charge in [0.15, 0.2) is 0 Å². The van der Waals surface area contributed by atoms with Gasteiger partial charge in [-0.05, 0) is 30.5 Å². The van der Waals surface area contributed by atoms with Crippen LogP contribution in [0.2, 0.25) is 0 Å². The molecule has 0 spiro atoms. The highest BCUT2D eigenvalue weighted by atomic mass is 79.9. The van der Waals surface area contributed by atoms with Crippen LogP contribution in [0.3, 0.4) is 0 Å². The van der Waals surface area contributed by atoms with Gasteiger partial charge in [-0.1, -0.05) is 34.1 Å². The number of amides is 3. The molecule has 0 bridgehead atoms. The van der Waals surface area contributed by atoms with E-state index in [1.807, 2.05) is 35.2 Å². The van der Waals surface area contributed by atoms with Gasteiger partial charge < -0.3 is 15.5 Å². The molecule has 1 aliphatic heterocycles. The van der Waals surface area contributed by atoms with E-state index in [4.69, 9.17) is 0 Å². The van der Waals surface area contributed by atoms with E-state index in [0.29, 0.717) is 19.5 Å². The van der Waals surface area contributed by atoms with Gasteiger partial charge in [-0.15, -0.1) is 0 Å². The number of halogens is 1. The highest BCUT2D eigenvalue weighted by molar-refractivity contribution is 9.10. The summed E-state index contributed by atoms with van der Waals surface area (Å²) in [6.07, 6.45) is 5.82. The summed E-state index contributed by atoms with van der Waals surface area (Å²) < 4.78 is 0.976. The van der Waals surface area contributed by atoms with E-state index in [9.17, 15) is 9.59 Å². The molecule has 1 aliphatic rings. The largest absolute Gasteiger partial charge is 0.343 e. The molecule has 2 N–H and O–H groups in total. The first-order chi connectivity index (χ1) is 10.7. The van der Waals surface area contributed by atoms with Gasteiger partial charge in [0.25, 0.3) is 0 Å². The average Bonchev–Trinajstić information content (AvgIpc) is 2.91. The molecule has 0 saturated carbocycles. The van der Waals surface area contributed by atoms with Crippen molar-refractivity contribution in [2.24, 2.45) is 0 Å². The molecule has 0 unspecified atom stereocenters. The Morgan fingerprint density at radius 3 is 2.91 bits per heavy atom. The van der Waals surface area contributed by atoms with Crippen LogP contribution in [0.25, 0.3) is 6.08 Å². The summed E-state index contributed by atoms with van der Waals surface area (Å²) in [6.45, 7) is 2.12. The van der Waals surface area contributed by atoms with Crippen molar-refractivity contribution in [2.45, 2.75) is 19.3 Å². The summed E-state index contributed by atoms with van der Waals surface area (Å²) >= 11 is 3.44. The lowest BCUT2D eigenvalue weighted by atomic mass is 10.2. The van der Waals surface area contributed by atoms with E-state index in [-0.39, 0.29) is 11.9 Å². The van der Waals surface area contributed by atoms with Crippen LogP contribution in [0.15, 0.2) is 34.9 Å². The SMILES string of the molecule is O=C(N/C=C/c1ccccc1Br)NCCCN1CCCC1=O.